The maximum Gasteiger partial charge on any atom is 0.119 e. The van der Waals surface area contributed by atoms with Crippen molar-refractivity contribution in [2.45, 2.75) is 45.7 Å². The van der Waals surface area contributed by atoms with Crippen molar-refractivity contribution in [2.75, 3.05) is 20.7 Å². The van der Waals surface area contributed by atoms with Gasteiger partial charge in [-0.1, -0.05) is 19.6 Å². The molecule has 1 aromatic carbocycles. The maximum atomic E-state index is 5.46. The zero-order chi connectivity index (χ0) is 19.3. The number of benzene rings is 1. The molecule has 142 valence electrons. The molecule has 26 heavy (non-hydrogen) atoms. The predicted octanol–water partition coefficient (Wildman–Crippen LogP) is 4.65. The Morgan fingerprint density at radius 2 is 2.19 bits per heavy atom. The molecule has 1 aromatic rings. The van der Waals surface area contributed by atoms with Gasteiger partial charge in [0.25, 0.3) is 0 Å². The van der Waals surface area contributed by atoms with Gasteiger partial charge in [-0.2, -0.15) is 0 Å². The lowest BCUT2D eigenvalue weighted by atomic mass is 9.83. The smallest absolute Gasteiger partial charge is 0.119 e. The Hall–Kier alpha value is -2.07. The fourth-order valence-corrected chi connectivity index (χ4v) is 3.85. The van der Waals surface area contributed by atoms with Gasteiger partial charge in [-0.3, -0.25) is 4.99 Å². The molecule has 2 unspecified atom stereocenters. The summed E-state index contributed by atoms with van der Waals surface area (Å²) in [6.07, 6.45) is 4.58. The number of nitrogens with one attached hydrogen (secondary N) is 1. The molecular weight excluding hydrogens is 322 g/mol. The summed E-state index contributed by atoms with van der Waals surface area (Å²) in [4.78, 5) is 6.71. The number of allylic oxidation sites excluding steroid dienone is 2. The highest BCUT2D eigenvalue weighted by Crippen LogP contribution is 2.36. The van der Waals surface area contributed by atoms with E-state index in [9.17, 15) is 0 Å². The summed E-state index contributed by atoms with van der Waals surface area (Å²) in [5.74, 6) is 1.54. The quantitative estimate of drug-likeness (QED) is 0.723. The van der Waals surface area contributed by atoms with Crippen molar-refractivity contribution in [1.82, 2.24) is 10.2 Å². The molecule has 1 saturated heterocycles. The Balaban J connectivity index is 2.51. The van der Waals surface area contributed by atoms with Gasteiger partial charge in [0.05, 0.1) is 18.8 Å². The van der Waals surface area contributed by atoms with Crippen molar-refractivity contribution in [2.24, 2.45) is 10.9 Å². The minimum Gasteiger partial charge on any atom is -0.497 e. The molecule has 0 saturated carbocycles. The first-order valence-corrected chi connectivity index (χ1v) is 9.34. The molecule has 4 nitrogen and oxygen atoms in total. The normalized spacial score (nSPS) is 22.6. The molecule has 1 N–H and O–H groups in total. The summed E-state index contributed by atoms with van der Waals surface area (Å²) in [6, 6.07) is 6.48. The van der Waals surface area contributed by atoms with Crippen molar-refractivity contribution < 1.29 is 4.74 Å². The van der Waals surface area contributed by atoms with Gasteiger partial charge in [0.2, 0.25) is 0 Å². The van der Waals surface area contributed by atoms with Crippen LogP contribution >= 0.6 is 0 Å². The summed E-state index contributed by atoms with van der Waals surface area (Å²) in [7, 11) is 3.91. The molecule has 0 radical (unpaired) electrons. The van der Waals surface area contributed by atoms with E-state index in [0.717, 1.165) is 35.7 Å². The molecule has 4 heteroatoms. The molecule has 3 atom stereocenters. The van der Waals surface area contributed by atoms with Crippen LogP contribution < -0.4 is 10.1 Å². The SMILES string of the molecule is C=Nc1ccc(OC)cc1/C(=C\C)[C@H](NC(=C)C)C1CC(C)CCN1C. The third-order valence-electron chi connectivity index (χ3n) is 5.30. The van der Waals surface area contributed by atoms with Crippen molar-refractivity contribution >= 4 is 18.0 Å². The predicted molar refractivity (Wildman–Crippen MR) is 112 cm³/mol. The average Bonchev–Trinajstić information content (AvgIpc) is 2.63. The second-order valence-electron chi connectivity index (χ2n) is 7.37. The second-order valence-corrected chi connectivity index (χ2v) is 7.37. The van der Waals surface area contributed by atoms with Gasteiger partial charge in [-0.25, -0.2) is 0 Å². The zero-order valence-electron chi connectivity index (χ0n) is 16.9. The van der Waals surface area contributed by atoms with Crippen LogP contribution in [-0.2, 0) is 0 Å². The molecule has 1 fully saturated rings. The minimum absolute atomic E-state index is 0.137. The summed E-state index contributed by atoms with van der Waals surface area (Å²) >= 11 is 0. The molecular formula is C22H33N3O. The van der Waals surface area contributed by atoms with Crippen molar-refractivity contribution in [3.8, 4) is 5.75 Å². The lowest BCUT2D eigenvalue weighted by Gasteiger charge is -2.42. The number of aliphatic imine (C=N–C) groups is 1. The molecule has 0 aliphatic carbocycles. The third kappa shape index (κ3) is 4.55. The summed E-state index contributed by atoms with van der Waals surface area (Å²) in [5, 5.41) is 3.63. The van der Waals surface area contributed by atoms with Gasteiger partial charge in [-0.15, -0.1) is 0 Å². The van der Waals surface area contributed by atoms with E-state index in [0.29, 0.717) is 12.0 Å². The molecule has 0 spiro atoms. The van der Waals surface area contributed by atoms with E-state index in [1.165, 1.54) is 12.0 Å². The van der Waals surface area contributed by atoms with Crippen LogP contribution in [0.2, 0.25) is 0 Å². The highest BCUT2D eigenvalue weighted by Gasteiger charge is 2.33. The molecule has 1 heterocycles. The molecule has 0 amide bonds. The Morgan fingerprint density at radius 3 is 2.77 bits per heavy atom. The maximum absolute atomic E-state index is 5.46. The van der Waals surface area contributed by atoms with Gasteiger partial charge in [-0.05, 0) is 76.7 Å². The number of likely N-dealkylation sites (tertiary alicyclic amines) is 1. The van der Waals surface area contributed by atoms with Crippen molar-refractivity contribution in [1.29, 1.82) is 0 Å². The van der Waals surface area contributed by atoms with Crippen LogP contribution in [0.1, 0.15) is 39.2 Å². The van der Waals surface area contributed by atoms with E-state index in [1.807, 2.05) is 19.1 Å². The first-order valence-electron chi connectivity index (χ1n) is 9.34. The van der Waals surface area contributed by atoms with E-state index < -0.39 is 0 Å². The van der Waals surface area contributed by atoms with Gasteiger partial charge in [0, 0.05) is 17.3 Å². The summed E-state index contributed by atoms with van der Waals surface area (Å²) < 4.78 is 5.46. The van der Waals surface area contributed by atoms with Crippen LogP contribution in [0.4, 0.5) is 5.69 Å². The van der Waals surface area contributed by atoms with Gasteiger partial charge in [0.15, 0.2) is 0 Å². The molecule has 1 aliphatic heterocycles. The first-order chi connectivity index (χ1) is 12.4. The highest BCUT2D eigenvalue weighted by molar-refractivity contribution is 5.80. The van der Waals surface area contributed by atoms with Gasteiger partial charge in [0.1, 0.15) is 5.75 Å². The van der Waals surface area contributed by atoms with Crippen LogP contribution in [0.15, 0.2) is 41.5 Å². The molecule has 1 aliphatic rings. The van der Waals surface area contributed by atoms with Gasteiger partial charge >= 0.3 is 0 Å². The van der Waals surface area contributed by atoms with E-state index >= 15 is 0 Å². The summed E-state index contributed by atoms with van der Waals surface area (Å²) in [6.45, 7) is 15.4. The van der Waals surface area contributed by atoms with E-state index in [-0.39, 0.29) is 6.04 Å². The van der Waals surface area contributed by atoms with Crippen LogP contribution in [0, 0.1) is 5.92 Å². The monoisotopic (exact) mass is 355 g/mol. The third-order valence-corrected chi connectivity index (χ3v) is 5.30. The van der Waals surface area contributed by atoms with Crippen LogP contribution in [0.25, 0.3) is 5.57 Å². The number of hydrogen-bond donors (Lipinski definition) is 1. The molecule has 0 bridgehead atoms. The lowest BCUT2D eigenvalue weighted by Crippen LogP contribution is -2.52. The van der Waals surface area contributed by atoms with E-state index in [1.54, 1.807) is 7.11 Å². The fraction of sp³-hybridized carbons (Fsp3) is 0.500. The summed E-state index contributed by atoms with van der Waals surface area (Å²) in [5.41, 5.74) is 4.11. The topological polar surface area (TPSA) is 36.9 Å². The number of rotatable bonds is 7. The second kappa shape index (κ2) is 9.04. The van der Waals surface area contributed by atoms with E-state index in [2.05, 4.69) is 61.5 Å². The first kappa shape index (κ1) is 20.2. The number of nitrogens with zero attached hydrogens (tertiary/aromatic N) is 2. The minimum atomic E-state index is 0.137. The number of hydrogen-bond acceptors (Lipinski definition) is 4. The van der Waals surface area contributed by atoms with Crippen LogP contribution in [0.5, 0.6) is 5.75 Å². The zero-order valence-corrected chi connectivity index (χ0v) is 16.9. The molecule has 2 rings (SSSR count). The van der Waals surface area contributed by atoms with Gasteiger partial charge < -0.3 is 15.0 Å². The average molecular weight is 356 g/mol. The molecule has 0 aromatic heterocycles. The van der Waals surface area contributed by atoms with Crippen LogP contribution in [0.3, 0.4) is 0 Å². The Morgan fingerprint density at radius 1 is 1.46 bits per heavy atom. The fourth-order valence-electron chi connectivity index (χ4n) is 3.85. The number of ether oxygens (including phenoxy) is 1. The Kier molecular flexibility index (Phi) is 7.04. The Bertz CT molecular complexity index is 680. The van der Waals surface area contributed by atoms with E-state index in [4.69, 9.17) is 4.74 Å². The Labute approximate surface area is 158 Å². The standard InChI is InChI=1S/C22H33N3O/c1-8-18(19-14-17(26-7)9-10-20(19)23-5)22(24-15(2)3)21-13-16(4)11-12-25(21)6/h8-10,14,16,21-22,24H,2,5,11-13H2,1,3-4,6-7H3/b18-8+/t16?,21?,22-/m0/s1. The number of piperidine rings is 1. The largest absolute Gasteiger partial charge is 0.497 e. The van der Waals surface area contributed by atoms with Crippen molar-refractivity contribution in [3.05, 3.63) is 42.1 Å². The lowest BCUT2D eigenvalue weighted by molar-refractivity contribution is 0.133. The number of likely N-dealkylation sites (N-methyl/N-ethyl adjacent to an activating group) is 1. The highest BCUT2D eigenvalue weighted by atomic mass is 16.5. The van der Waals surface area contributed by atoms with Crippen LogP contribution in [-0.4, -0.2) is 44.4 Å². The van der Waals surface area contributed by atoms with Crippen molar-refractivity contribution in [3.63, 3.8) is 0 Å². The number of methoxy groups -OCH3 is 1.